The van der Waals surface area contributed by atoms with Crippen LogP contribution in [0.3, 0.4) is 0 Å². The van der Waals surface area contributed by atoms with Crippen LogP contribution in [0.1, 0.15) is 12.5 Å². The number of anilines is 1. The van der Waals surface area contributed by atoms with Gasteiger partial charge in [-0.3, -0.25) is 4.98 Å². The van der Waals surface area contributed by atoms with Gasteiger partial charge in [-0.1, -0.05) is 0 Å². The van der Waals surface area contributed by atoms with E-state index in [-0.39, 0.29) is 0 Å². The summed E-state index contributed by atoms with van der Waals surface area (Å²) in [6.07, 6.45) is 4.87. The smallest absolute Gasteiger partial charge is 0.114 e. The zero-order chi connectivity index (χ0) is 9.97. The molecule has 2 rings (SSSR count). The number of piperazine rings is 1. The maximum atomic E-state index is 4.06. The molecule has 3 nitrogen and oxygen atoms in total. The molecule has 1 unspecified atom stereocenters. The predicted octanol–water partition coefficient (Wildman–Crippen LogP) is 0.988. The summed E-state index contributed by atoms with van der Waals surface area (Å²) in [6, 6.07) is 2.59. The minimum atomic E-state index is 0.553. The van der Waals surface area contributed by atoms with Crippen LogP contribution in [0.5, 0.6) is 0 Å². The molecule has 3 heteroatoms. The lowest BCUT2D eigenvalue weighted by Gasteiger charge is -2.34. The third-order valence-corrected chi connectivity index (χ3v) is 2.63. The summed E-state index contributed by atoms with van der Waals surface area (Å²) in [7, 11) is 0. The summed E-state index contributed by atoms with van der Waals surface area (Å²) in [5, 5.41) is 3.43. The molecule has 0 saturated carbocycles. The van der Waals surface area contributed by atoms with Gasteiger partial charge in [0.15, 0.2) is 0 Å². The van der Waals surface area contributed by atoms with Gasteiger partial charge in [0.1, 0.15) is 6.20 Å². The van der Waals surface area contributed by atoms with E-state index in [1.807, 2.05) is 6.07 Å². The second-order valence-corrected chi connectivity index (χ2v) is 3.89. The van der Waals surface area contributed by atoms with Gasteiger partial charge in [-0.15, -0.1) is 0 Å². The SMILES string of the molecule is Cc1ccn[c]c1N1CCNC(C)C1. The van der Waals surface area contributed by atoms with Gasteiger partial charge < -0.3 is 10.2 Å². The second-order valence-electron chi connectivity index (χ2n) is 3.89. The maximum absolute atomic E-state index is 4.06. The summed E-state index contributed by atoms with van der Waals surface area (Å²) >= 11 is 0. The summed E-state index contributed by atoms with van der Waals surface area (Å²) in [4.78, 5) is 6.41. The van der Waals surface area contributed by atoms with Crippen LogP contribution in [0.25, 0.3) is 0 Å². The minimum absolute atomic E-state index is 0.553. The Hall–Kier alpha value is -1.09. The van der Waals surface area contributed by atoms with Gasteiger partial charge in [0.05, 0.1) is 5.69 Å². The van der Waals surface area contributed by atoms with E-state index in [9.17, 15) is 0 Å². The number of nitrogens with one attached hydrogen (secondary N) is 1. The van der Waals surface area contributed by atoms with Crippen LogP contribution in [-0.4, -0.2) is 30.7 Å². The normalized spacial score (nSPS) is 22.4. The number of nitrogens with zero attached hydrogens (tertiary/aromatic N) is 2. The van der Waals surface area contributed by atoms with Crippen LogP contribution in [0.4, 0.5) is 5.69 Å². The standard InChI is InChI=1S/C11H16N3/c1-9-3-4-12-7-11(9)14-6-5-13-10(2)8-14/h3-4,10,13H,5-6,8H2,1-2H3. The summed E-state index contributed by atoms with van der Waals surface area (Å²) in [5.74, 6) is 0. The van der Waals surface area contributed by atoms with E-state index in [0.717, 1.165) is 25.3 Å². The Balaban J connectivity index is 2.18. The number of pyridine rings is 1. The van der Waals surface area contributed by atoms with Crippen LogP contribution < -0.4 is 10.2 Å². The number of rotatable bonds is 1. The molecule has 1 radical (unpaired) electrons. The van der Waals surface area contributed by atoms with Crippen molar-refractivity contribution in [3.63, 3.8) is 0 Å². The van der Waals surface area contributed by atoms with Crippen molar-refractivity contribution in [3.05, 3.63) is 24.0 Å². The number of aryl methyl sites for hydroxylation is 1. The Morgan fingerprint density at radius 1 is 1.64 bits per heavy atom. The molecule has 1 fully saturated rings. The molecule has 0 spiro atoms. The first-order valence-electron chi connectivity index (χ1n) is 5.09. The largest absolute Gasteiger partial charge is 0.367 e. The van der Waals surface area contributed by atoms with E-state index in [1.165, 1.54) is 5.56 Å². The average molecular weight is 190 g/mol. The highest BCUT2D eigenvalue weighted by Gasteiger charge is 2.17. The van der Waals surface area contributed by atoms with E-state index in [2.05, 4.69) is 35.2 Å². The van der Waals surface area contributed by atoms with E-state index < -0.39 is 0 Å². The highest BCUT2D eigenvalue weighted by molar-refractivity contribution is 5.50. The zero-order valence-corrected chi connectivity index (χ0v) is 8.75. The molecular formula is C11H16N3. The number of hydrogen-bond donors (Lipinski definition) is 1. The van der Waals surface area contributed by atoms with E-state index in [4.69, 9.17) is 0 Å². The first-order chi connectivity index (χ1) is 6.77. The van der Waals surface area contributed by atoms with E-state index in [0.29, 0.717) is 6.04 Å². The fraction of sp³-hybridized carbons (Fsp3) is 0.545. The lowest BCUT2D eigenvalue weighted by molar-refractivity contribution is 0.484. The number of aromatic nitrogens is 1. The molecule has 0 aliphatic carbocycles. The van der Waals surface area contributed by atoms with E-state index >= 15 is 0 Å². The van der Waals surface area contributed by atoms with Crippen LogP contribution in [0, 0.1) is 13.1 Å². The minimum Gasteiger partial charge on any atom is -0.367 e. The molecule has 75 valence electrons. The molecule has 0 amide bonds. The van der Waals surface area contributed by atoms with Crippen LogP contribution >= 0.6 is 0 Å². The quantitative estimate of drug-likeness (QED) is 0.715. The van der Waals surface area contributed by atoms with Crippen LogP contribution in [0.2, 0.25) is 0 Å². The third kappa shape index (κ3) is 1.87. The Labute approximate surface area is 85.1 Å². The Morgan fingerprint density at radius 2 is 2.50 bits per heavy atom. The fourth-order valence-electron chi connectivity index (χ4n) is 1.87. The second kappa shape index (κ2) is 3.96. The van der Waals surface area contributed by atoms with Crippen molar-refractivity contribution >= 4 is 5.69 Å². The Morgan fingerprint density at radius 3 is 3.21 bits per heavy atom. The maximum Gasteiger partial charge on any atom is 0.114 e. The summed E-state index contributed by atoms with van der Waals surface area (Å²) < 4.78 is 0. The third-order valence-electron chi connectivity index (χ3n) is 2.63. The molecule has 1 atom stereocenters. The molecular weight excluding hydrogens is 174 g/mol. The first kappa shape index (κ1) is 9.46. The van der Waals surface area contributed by atoms with Crippen molar-refractivity contribution in [2.24, 2.45) is 0 Å². The monoisotopic (exact) mass is 190 g/mol. The molecule has 1 aromatic heterocycles. The van der Waals surface area contributed by atoms with Gasteiger partial charge in [0.25, 0.3) is 0 Å². The predicted molar refractivity (Wildman–Crippen MR) is 57.5 cm³/mol. The van der Waals surface area contributed by atoms with Gasteiger partial charge in [-0.25, -0.2) is 0 Å². The molecule has 14 heavy (non-hydrogen) atoms. The molecule has 0 aromatic carbocycles. The van der Waals surface area contributed by atoms with Crippen molar-refractivity contribution in [1.82, 2.24) is 10.3 Å². The van der Waals surface area contributed by atoms with Crippen molar-refractivity contribution in [2.45, 2.75) is 19.9 Å². The average Bonchev–Trinajstić information content (AvgIpc) is 2.18. The van der Waals surface area contributed by atoms with Crippen molar-refractivity contribution in [3.8, 4) is 0 Å². The zero-order valence-electron chi connectivity index (χ0n) is 8.75. The van der Waals surface area contributed by atoms with Gasteiger partial charge in [0.2, 0.25) is 0 Å². The molecule has 1 N–H and O–H groups in total. The van der Waals surface area contributed by atoms with Crippen LogP contribution in [0.15, 0.2) is 12.3 Å². The lowest BCUT2D eigenvalue weighted by Crippen LogP contribution is -2.49. The molecule has 1 aromatic rings. The Bertz CT molecular complexity index is 311. The van der Waals surface area contributed by atoms with Gasteiger partial charge in [0, 0.05) is 31.9 Å². The fourth-order valence-corrected chi connectivity index (χ4v) is 1.87. The highest BCUT2D eigenvalue weighted by atomic mass is 15.2. The van der Waals surface area contributed by atoms with Crippen molar-refractivity contribution < 1.29 is 0 Å². The van der Waals surface area contributed by atoms with Gasteiger partial charge in [-0.2, -0.15) is 0 Å². The first-order valence-corrected chi connectivity index (χ1v) is 5.09. The molecule has 1 aliphatic heterocycles. The Kier molecular flexibility index (Phi) is 2.68. The lowest BCUT2D eigenvalue weighted by atomic mass is 10.2. The topological polar surface area (TPSA) is 28.2 Å². The molecule has 1 aliphatic rings. The van der Waals surface area contributed by atoms with Crippen molar-refractivity contribution in [2.75, 3.05) is 24.5 Å². The van der Waals surface area contributed by atoms with E-state index in [1.54, 1.807) is 6.20 Å². The molecule has 0 bridgehead atoms. The molecule has 1 saturated heterocycles. The molecule has 2 heterocycles. The summed E-state index contributed by atoms with van der Waals surface area (Å²) in [6.45, 7) is 7.46. The van der Waals surface area contributed by atoms with Crippen LogP contribution in [-0.2, 0) is 0 Å². The van der Waals surface area contributed by atoms with Gasteiger partial charge >= 0.3 is 0 Å². The van der Waals surface area contributed by atoms with Gasteiger partial charge in [-0.05, 0) is 25.5 Å². The highest BCUT2D eigenvalue weighted by Crippen LogP contribution is 2.18. The number of hydrogen-bond acceptors (Lipinski definition) is 3. The summed E-state index contributed by atoms with van der Waals surface area (Å²) in [5.41, 5.74) is 2.41. The van der Waals surface area contributed by atoms with Crippen molar-refractivity contribution in [1.29, 1.82) is 0 Å².